The Morgan fingerprint density at radius 3 is 2.44 bits per heavy atom. The maximum Gasteiger partial charge on any atom is 0.257 e. The van der Waals surface area contributed by atoms with Crippen molar-refractivity contribution in [3.8, 4) is 0 Å². The smallest absolute Gasteiger partial charge is 0.257 e. The zero-order valence-corrected chi connectivity index (χ0v) is 20.8. The zero-order valence-electron chi connectivity index (χ0n) is 19.2. The van der Waals surface area contributed by atoms with E-state index in [-0.39, 0.29) is 10.8 Å². The molecule has 2 aliphatic heterocycles. The van der Waals surface area contributed by atoms with Crippen molar-refractivity contribution in [2.45, 2.75) is 58.0 Å². The first-order valence-corrected chi connectivity index (χ1v) is 13.5. The van der Waals surface area contributed by atoms with Crippen molar-refractivity contribution in [3.05, 3.63) is 40.4 Å². The van der Waals surface area contributed by atoms with E-state index >= 15 is 0 Å². The number of hydrogen-bond acceptors (Lipinski definition) is 6. The Morgan fingerprint density at radius 2 is 1.81 bits per heavy atom. The number of nitrogens with zero attached hydrogens (tertiary/aromatic N) is 3. The number of amides is 1. The summed E-state index contributed by atoms with van der Waals surface area (Å²) in [6.45, 7) is 11.5. The molecule has 2 aromatic rings. The third-order valence-electron chi connectivity index (χ3n) is 6.30. The SMILES string of the molecule is CC1CC(C)CN(S(=O)(=O)c2ccc(C(=O)Nc3nc4c(s3)CN(C(C)C)CC4)cc2)C1. The molecule has 0 radical (unpaired) electrons. The minimum Gasteiger partial charge on any atom is -0.298 e. The second-order valence-electron chi connectivity index (χ2n) is 9.45. The van der Waals surface area contributed by atoms with Crippen LogP contribution in [0.1, 0.15) is 55.0 Å². The molecule has 1 aromatic heterocycles. The van der Waals surface area contributed by atoms with E-state index in [0.29, 0.717) is 41.7 Å². The van der Waals surface area contributed by atoms with E-state index in [1.165, 1.54) is 28.3 Å². The van der Waals surface area contributed by atoms with Crippen LogP contribution >= 0.6 is 11.3 Å². The van der Waals surface area contributed by atoms with Gasteiger partial charge in [0.1, 0.15) is 0 Å². The maximum absolute atomic E-state index is 13.1. The van der Waals surface area contributed by atoms with Crippen molar-refractivity contribution in [3.63, 3.8) is 0 Å². The molecular weight excluding hydrogens is 444 g/mol. The van der Waals surface area contributed by atoms with Gasteiger partial charge in [-0.1, -0.05) is 13.8 Å². The van der Waals surface area contributed by atoms with Gasteiger partial charge >= 0.3 is 0 Å². The molecule has 0 aliphatic carbocycles. The Balaban J connectivity index is 1.44. The lowest BCUT2D eigenvalue weighted by Gasteiger charge is -2.34. The summed E-state index contributed by atoms with van der Waals surface area (Å²) in [5, 5.41) is 3.48. The number of thiazole rings is 1. The lowest BCUT2D eigenvalue weighted by Crippen LogP contribution is -2.42. The van der Waals surface area contributed by atoms with Gasteiger partial charge < -0.3 is 0 Å². The number of carbonyl (C=O) groups excluding carboxylic acids is 1. The van der Waals surface area contributed by atoms with Gasteiger partial charge in [-0.25, -0.2) is 13.4 Å². The average molecular weight is 477 g/mol. The number of benzene rings is 1. The summed E-state index contributed by atoms with van der Waals surface area (Å²) in [5.41, 5.74) is 1.48. The number of anilines is 1. The van der Waals surface area contributed by atoms with Crippen molar-refractivity contribution in [1.82, 2.24) is 14.2 Å². The molecule has 0 bridgehead atoms. The molecule has 2 aliphatic rings. The summed E-state index contributed by atoms with van der Waals surface area (Å²) >= 11 is 1.52. The molecule has 1 aromatic carbocycles. The molecule has 1 amide bonds. The van der Waals surface area contributed by atoms with Crippen molar-refractivity contribution < 1.29 is 13.2 Å². The summed E-state index contributed by atoms with van der Waals surface area (Å²) in [6, 6.07) is 6.69. The first kappa shape index (κ1) is 23.4. The van der Waals surface area contributed by atoms with Crippen LogP contribution in [0.5, 0.6) is 0 Å². The molecule has 1 N–H and O–H groups in total. The van der Waals surface area contributed by atoms with Crippen LogP contribution in [0.4, 0.5) is 5.13 Å². The first-order chi connectivity index (χ1) is 15.1. The molecule has 4 rings (SSSR count). The summed E-state index contributed by atoms with van der Waals surface area (Å²) in [6.07, 6.45) is 1.93. The van der Waals surface area contributed by atoms with E-state index < -0.39 is 10.0 Å². The van der Waals surface area contributed by atoms with E-state index in [1.54, 1.807) is 16.4 Å². The highest BCUT2D eigenvalue weighted by atomic mass is 32.2. The largest absolute Gasteiger partial charge is 0.298 e. The Labute approximate surface area is 194 Å². The minimum atomic E-state index is -3.56. The number of piperidine rings is 1. The highest BCUT2D eigenvalue weighted by Crippen LogP contribution is 2.30. The number of nitrogens with one attached hydrogen (secondary N) is 1. The van der Waals surface area contributed by atoms with Crippen LogP contribution in [0.3, 0.4) is 0 Å². The molecular formula is C23H32N4O3S2. The topological polar surface area (TPSA) is 82.6 Å². The van der Waals surface area contributed by atoms with Gasteiger partial charge in [0, 0.05) is 49.1 Å². The van der Waals surface area contributed by atoms with Crippen LogP contribution in [0.25, 0.3) is 0 Å². The highest BCUT2D eigenvalue weighted by molar-refractivity contribution is 7.89. The Morgan fingerprint density at radius 1 is 1.16 bits per heavy atom. The third kappa shape index (κ3) is 4.90. The quantitative estimate of drug-likeness (QED) is 0.709. The summed E-state index contributed by atoms with van der Waals surface area (Å²) in [5.74, 6) is 0.409. The van der Waals surface area contributed by atoms with Crippen molar-refractivity contribution in [1.29, 1.82) is 0 Å². The molecule has 3 heterocycles. The molecule has 2 atom stereocenters. The van der Waals surface area contributed by atoms with Crippen LogP contribution in [0.2, 0.25) is 0 Å². The number of carbonyl (C=O) groups is 1. The fraction of sp³-hybridized carbons (Fsp3) is 0.565. The van der Waals surface area contributed by atoms with Gasteiger partial charge in [0.25, 0.3) is 5.91 Å². The predicted molar refractivity (Wildman–Crippen MR) is 127 cm³/mol. The molecule has 0 spiro atoms. The normalized spacial score (nSPS) is 22.7. The second-order valence-corrected chi connectivity index (χ2v) is 12.5. The number of fused-ring (bicyclic) bond motifs is 1. The molecule has 1 fully saturated rings. The molecule has 1 saturated heterocycles. The van der Waals surface area contributed by atoms with Crippen molar-refractivity contribution >= 4 is 32.4 Å². The van der Waals surface area contributed by atoms with E-state index in [4.69, 9.17) is 0 Å². The van der Waals surface area contributed by atoms with Gasteiger partial charge in [-0.05, 0) is 56.4 Å². The fourth-order valence-corrected chi connectivity index (χ4v) is 7.32. The minimum absolute atomic E-state index is 0.230. The first-order valence-electron chi connectivity index (χ1n) is 11.3. The lowest BCUT2D eigenvalue weighted by atomic mass is 9.94. The Bertz CT molecular complexity index is 1070. The fourth-order valence-electron chi connectivity index (χ4n) is 4.61. The maximum atomic E-state index is 13.1. The second kappa shape index (κ2) is 9.21. The van der Waals surface area contributed by atoms with Gasteiger partial charge in [-0.15, -0.1) is 11.3 Å². The molecule has 2 unspecified atom stereocenters. The van der Waals surface area contributed by atoms with Crippen molar-refractivity contribution in [2.24, 2.45) is 11.8 Å². The summed E-state index contributed by atoms with van der Waals surface area (Å²) in [7, 11) is -3.56. The number of aromatic nitrogens is 1. The number of rotatable bonds is 5. The number of sulfonamides is 1. The molecule has 7 nitrogen and oxygen atoms in total. The standard InChI is InChI=1S/C23H32N4O3S2/c1-15(2)26-10-9-20-21(14-26)31-23(24-20)25-22(28)18-5-7-19(8-6-18)32(29,30)27-12-16(3)11-17(4)13-27/h5-8,15-17H,9-14H2,1-4H3,(H,24,25,28). The molecule has 174 valence electrons. The van der Waals surface area contributed by atoms with Gasteiger partial charge in [-0.2, -0.15) is 4.31 Å². The van der Waals surface area contributed by atoms with Crippen molar-refractivity contribution in [2.75, 3.05) is 25.0 Å². The lowest BCUT2D eigenvalue weighted by molar-refractivity contribution is 0.102. The Kier molecular flexibility index (Phi) is 6.72. The zero-order chi connectivity index (χ0) is 23.0. The van der Waals surface area contributed by atoms with Crippen LogP contribution in [0.15, 0.2) is 29.2 Å². The number of hydrogen-bond donors (Lipinski definition) is 1. The van der Waals surface area contributed by atoms with E-state index in [0.717, 1.165) is 31.6 Å². The monoisotopic (exact) mass is 476 g/mol. The van der Waals surface area contributed by atoms with Gasteiger partial charge in [-0.3, -0.25) is 15.0 Å². The van der Waals surface area contributed by atoms with Crippen LogP contribution in [0, 0.1) is 11.8 Å². The molecule has 32 heavy (non-hydrogen) atoms. The van der Waals surface area contributed by atoms with Gasteiger partial charge in [0.15, 0.2) is 5.13 Å². The van der Waals surface area contributed by atoms with Crippen LogP contribution in [-0.4, -0.2) is 54.2 Å². The van der Waals surface area contributed by atoms with Crippen LogP contribution < -0.4 is 5.32 Å². The van der Waals surface area contributed by atoms with E-state index in [1.807, 2.05) is 0 Å². The molecule has 9 heteroatoms. The molecule has 0 saturated carbocycles. The predicted octanol–water partition coefficient (Wildman–Crippen LogP) is 3.83. The average Bonchev–Trinajstić information content (AvgIpc) is 3.14. The van der Waals surface area contributed by atoms with E-state index in [9.17, 15) is 13.2 Å². The van der Waals surface area contributed by atoms with Gasteiger partial charge in [0.2, 0.25) is 10.0 Å². The highest BCUT2D eigenvalue weighted by Gasteiger charge is 2.31. The van der Waals surface area contributed by atoms with E-state index in [2.05, 4.69) is 42.9 Å². The Hall–Kier alpha value is -1.81. The van der Waals surface area contributed by atoms with Crippen LogP contribution in [-0.2, 0) is 23.0 Å². The third-order valence-corrected chi connectivity index (χ3v) is 9.14. The summed E-state index contributed by atoms with van der Waals surface area (Å²) < 4.78 is 27.7. The van der Waals surface area contributed by atoms with Gasteiger partial charge in [0.05, 0.1) is 10.6 Å². The summed E-state index contributed by atoms with van der Waals surface area (Å²) in [4.78, 5) is 21.2.